The van der Waals surface area contributed by atoms with Gasteiger partial charge in [0.2, 0.25) is 10.0 Å². The zero-order valence-electron chi connectivity index (χ0n) is 15.4. The number of ether oxygens (including phenoxy) is 1. The Hall–Kier alpha value is -2.96. The van der Waals surface area contributed by atoms with Crippen LogP contribution in [-0.2, 0) is 14.8 Å². The van der Waals surface area contributed by atoms with Crippen molar-refractivity contribution in [2.45, 2.75) is 11.8 Å². The maximum Gasteiger partial charge on any atom is 0.341 e. The van der Waals surface area contributed by atoms with Gasteiger partial charge in [-0.3, -0.25) is 0 Å². The SMILES string of the molecule is CCOC(=O)c1cccnc1N1CCN(S(=O)(=O)c2ccccc2C#N)CC1. The average Bonchev–Trinajstić information content (AvgIpc) is 2.74. The smallest absolute Gasteiger partial charge is 0.341 e. The molecule has 0 unspecified atom stereocenters. The van der Waals surface area contributed by atoms with E-state index in [2.05, 4.69) is 4.98 Å². The van der Waals surface area contributed by atoms with Crippen molar-refractivity contribution in [3.8, 4) is 6.07 Å². The zero-order chi connectivity index (χ0) is 20.1. The summed E-state index contributed by atoms with van der Waals surface area (Å²) in [6, 6.07) is 11.4. The molecule has 0 atom stereocenters. The van der Waals surface area contributed by atoms with Crippen LogP contribution in [0.3, 0.4) is 0 Å². The van der Waals surface area contributed by atoms with Crippen molar-refractivity contribution in [1.82, 2.24) is 9.29 Å². The van der Waals surface area contributed by atoms with E-state index in [1.54, 1.807) is 37.4 Å². The normalized spacial score (nSPS) is 15.1. The monoisotopic (exact) mass is 400 g/mol. The van der Waals surface area contributed by atoms with Gasteiger partial charge in [0.15, 0.2) is 0 Å². The Morgan fingerprint density at radius 1 is 1.18 bits per heavy atom. The number of benzene rings is 1. The van der Waals surface area contributed by atoms with E-state index in [9.17, 15) is 18.5 Å². The van der Waals surface area contributed by atoms with Crippen LogP contribution in [0, 0.1) is 11.3 Å². The molecule has 1 saturated heterocycles. The molecule has 1 aromatic carbocycles. The third kappa shape index (κ3) is 3.83. The minimum absolute atomic E-state index is 0.0102. The second-order valence-electron chi connectivity index (χ2n) is 6.09. The molecular weight excluding hydrogens is 380 g/mol. The van der Waals surface area contributed by atoms with Gasteiger partial charge in [-0.25, -0.2) is 18.2 Å². The number of carbonyl (C=O) groups is 1. The number of hydrogen-bond acceptors (Lipinski definition) is 7. The molecule has 0 aliphatic carbocycles. The molecule has 3 rings (SSSR count). The van der Waals surface area contributed by atoms with Crippen molar-refractivity contribution in [3.63, 3.8) is 0 Å². The Balaban J connectivity index is 1.79. The van der Waals surface area contributed by atoms with E-state index in [-0.39, 0.29) is 30.2 Å². The van der Waals surface area contributed by atoms with Gasteiger partial charge >= 0.3 is 5.97 Å². The van der Waals surface area contributed by atoms with E-state index in [1.165, 1.54) is 16.4 Å². The molecule has 0 N–H and O–H groups in total. The quantitative estimate of drug-likeness (QED) is 0.703. The first-order valence-electron chi connectivity index (χ1n) is 8.85. The predicted molar refractivity (Wildman–Crippen MR) is 102 cm³/mol. The molecule has 0 saturated carbocycles. The minimum atomic E-state index is -3.77. The molecule has 146 valence electrons. The first kappa shape index (κ1) is 19.8. The molecule has 0 radical (unpaired) electrons. The number of nitrogens with zero attached hydrogens (tertiary/aromatic N) is 4. The fourth-order valence-corrected chi connectivity index (χ4v) is 4.64. The van der Waals surface area contributed by atoms with E-state index in [0.717, 1.165) is 0 Å². The van der Waals surface area contributed by atoms with Crippen molar-refractivity contribution in [3.05, 3.63) is 53.7 Å². The van der Waals surface area contributed by atoms with Crippen LogP contribution in [0.15, 0.2) is 47.5 Å². The van der Waals surface area contributed by atoms with Crippen molar-refractivity contribution < 1.29 is 17.9 Å². The summed E-state index contributed by atoms with van der Waals surface area (Å²) in [5.41, 5.74) is 0.481. The van der Waals surface area contributed by atoms with Gasteiger partial charge in [-0.2, -0.15) is 9.57 Å². The Labute approximate surface area is 164 Å². The number of piperazine rings is 1. The van der Waals surface area contributed by atoms with Crippen LogP contribution in [0.1, 0.15) is 22.8 Å². The second kappa shape index (κ2) is 8.37. The van der Waals surface area contributed by atoms with Gasteiger partial charge in [0.25, 0.3) is 0 Å². The summed E-state index contributed by atoms with van der Waals surface area (Å²) >= 11 is 0. The highest BCUT2D eigenvalue weighted by atomic mass is 32.2. The number of rotatable bonds is 5. The molecule has 9 heteroatoms. The standard InChI is InChI=1S/C19H20N4O4S/c1-2-27-19(24)16-7-5-9-21-18(16)22-10-12-23(13-11-22)28(25,26)17-8-4-3-6-15(17)14-20/h3-9H,2,10-13H2,1H3. The lowest BCUT2D eigenvalue weighted by atomic mass is 10.2. The maximum atomic E-state index is 12.9. The Morgan fingerprint density at radius 3 is 2.57 bits per heavy atom. The third-order valence-corrected chi connectivity index (χ3v) is 6.40. The van der Waals surface area contributed by atoms with Gasteiger partial charge in [0.05, 0.1) is 17.1 Å². The molecule has 2 heterocycles. The fraction of sp³-hybridized carbons (Fsp3) is 0.316. The molecular formula is C19H20N4O4S. The van der Waals surface area contributed by atoms with Crippen LogP contribution < -0.4 is 4.90 Å². The summed E-state index contributed by atoms with van der Waals surface area (Å²) in [5.74, 6) is 0.0269. The van der Waals surface area contributed by atoms with Gasteiger partial charge < -0.3 is 9.64 Å². The average molecular weight is 400 g/mol. The maximum absolute atomic E-state index is 12.9. The van der Waals surface area contributed by atoms with Crippen LogP contribution in [0.2, 0.25) is 0 Å². The highest BCUT2D eigenvalue weighted by Crippen LogP contribution is 2.24. The second-order valence-corrected chi connectivity index (χ2v) is 8.00. The minimum Gasteiger partial charge on any atom is -0.462 e. The molecule has 1 aliphatic heterocycles. The lowest BCUT2D eigenvalue weighted by molar-refractivity contribution is 0.0526. The number of hydrogen-bond donors (Lipinski definition) is 0. The molecule has 2 aromatic rings. The fourth-order valence-electron chi connectivity index (χ4n) is 3.08. The van der Waals surface area contributed by atoms with E-state index in [1.807, 2.05) is 11.0 Å². The van der Waals surface area contributed by atoms with E-state index >= 15 is 0 Å². The number of carbonyl (C=O) groups excluding carboxylic acids is 1. The molecule has 1 aliphatic rings. The molecule has 0 amide bonds. The van der Waals surface area contributed by atoms with Gasteiger partial charge in [-0.05, 0) is 31.2 Å². The summed E-state index contributed by atoms with van der Waals surface area (Å²) < 4.78 is 32.3. The summed E-state index contributed by atoms with van der Waals surface area (Å²) in [6.45, 7) is 3.19. The molecule has 8 nitrogen and oxygen atoms in total. The highest BCUT2D eigenvalue weighted by Gasteiger charge is 2.31. The summed E-state index contributed by atoms with van der Waals surface area (Å²) in [6.07, 6.45) is 1.59. The number of sulfonamides is 1. The topological polar surface area (TPSA) is 104 Å². The Kier molecular flexibility index (Phi) is 5.92. The molecule has 1 aromatic heterocycles. The number of pyridine rings is 1. The van der Waals surface area contributed by atoms with Crippen LogP contribution in [0.25, 0.3) is 0 Å². The number of anilines is 1. The van der Waals surface area contributed by atoms with Crippen molar-refractivity contribution in [2.75, 3.05) is 37.7 Å². The van der Waals surface area contributed by atoms with Crippen LogP contribution in [0.4, 0.5) is 5.82 Å². The first-order valence-corrected chi connectivity index (χ1v) is 10.3. The summed E-state index contributed by atoms with van der Waals surface area (Å²) in [7, 11) is -3.77. The summed E-state index contributed by atoms with van der Waals surface area (Å²) in [4.78, 5) is 18.3. The number of esters is 1. The van der Waals surface area contributed by atoms with E-state index < -0.39 is 16.0 Å². The van der Waals surface area contributed by atoms with Gasteiger partial charge in [-0.1, -0.05) is 12.1 Å². The lowest BCUT2D eigenvalue weighted by Crippen LogP contribution is -2.49. The van der Waals surface area contributed by atoms with Crippen molar-refractivity contribution in [1.29, 1.82) is 5.26 Å². The van der Waals surface area contributed by atoms with Crippen LogP contribution in [-0.4, -0.2) is 56.5 Å². The molecule has 0 bridgehead atoms. The van der Waals surface area contributed by atoms with Crippen molar-refractivity contribution in [2.24, 2.45) is 0 Å². The lowest BCUT2D eigenvalue weighted by Gasteiger charge is -2.35. The summed E-state index contributed by atoms with van der Waals surface area (Å²) in [5, 5.41) is 9.20. The Morgan fingerprint density at radius 2 is 1.89 bits per heavy atom. The highest BCUT2D eigenvalue weighted by molar-refractivity contribution is 7.89. The molecule has 0 spiro atoms. The van der Waals surface area contributed by atoms with Crippen LogP contribution >= 0.6 is 0 Å². The molecule has 1 fully saturated rings. The number of aromatic nitrogens is 1. The Bertz CT molecular complexity index is 1010. The van der Waals surface area contributed by atoms with Gasteiger partial charge in [-0.15, -0.1) is 0 Å². The third-order valence-electron chi connectivity index (χ3n) is 4.45. The van der Waals surface area contributed by atoms with E-state index in [0.29, 0.717) is 24.5 Å². The largest absolute Gasteiger partial charge is 0.462 e. The van der Waals surface area contributed by atoms with Gasteiger partial charge in [0, 0.05) is 32.4 Å². The number of nitriles is 1. The molecule has 28 heavy (non-hydrogen) atoms. The van der Waals surface area contributed by atoms with Crippen LogP contribution in [0.5, 0.6) is 0 Å². The van der Waals surface area contributed by atoms with Crippen molar-refractivity contribution >= 4 is 21.8 Å². The van der Waals surface area contributed by atoms with Gasteiger partial charge in [0.1, 0.15) is 17.5 Å². The van der Waals surface area contributed by atoms with E-state index in [4.69, 9.17) is 4.74 Å². The first-order chi connectivity index (χ1) is 13.5. The predicted octanol–water partition coefficient (Wildman–Crippen LogP) is 1.64. The zero-order valence-corrected chi connectivity index (χ0v) is 16.2.